The standard InChI is InChI=1S/C17H20N6/c18-14-22-17(23-16-8-12-19-13-9-16)21-11-5-4-10-20-15-6-2-1-3-7-15/h1-3,6-9,12-13,20H,4-5,10-11H2,(H2,19,21,22,23). The van der Waals surface area contributed by atoms with E-state index in [-0.39, 0.29) is 0 Å². The fourth-order valence-electron chi connectivity index (χ4n) is 1.95. The Hall–Kier alpha value is -3.07. The first-order valence-electron chi connectivity index (χ1n) is 7.54. The van der Waals surface area contributed by atoms with Crippen molar-refractivity contribution in [1.29, 1.82) is 5.26 Å². The molecule has 2 rings (SSSR count). The molecule has 2 aromatic rings. The third kappa shape index (κ3) is 6.48. The molecule has 0 unspecified atom stereocenters. The van der Waals surface area contributed by atoms with E-state index in [1.54, 1.807) is 12.4 Å². The second kappa shape index (κ2) is 9.79. The van der Waals surface area contributed by atoms with Gasteiger partial charge in [0.25, 0.3) is 0 Å². The number of benzene rings is 1. The molecule has 23 heavy (non-hydrogen) atoms. The lowest BCUT2D eigenvalue weighted by Crippen LogP contribution is -2.27. The summed E-state index contributed by atoms with van der Waals surface area (Å²) < 4.78 is 0. The van der Waals surface area contributed by atoms with Crippen LogP contribution in [0.15, 0.2) is 59.9 Å². The highest BCUT2D eigenvalue weighted by atomic mass is 15.2. The fourth-order valence-corrected chi connectivity index (χ4v) is 1.95. The Labute approximate surface area is 136 Å². The number of para-hydroxylation sites is 1. The average molecular weight is 308 g/mol. The summed E-state index contributed by atoms with van der Waals surface area (Å²) >= 11 is 0. The van der Waals surface area contributed by atoms with Crippen molar-refractivity contribution in [3.8, 4) is 6.19 Å². The number of aromatic nitrogens is 1. The van der Waals surface area contributed by atoms with Crippen LogP contribution in [0.5, 0.6) is 0 Å². The van der Waals surface area contributed by atoms with Crippen LogP contribution in [0.25, 0.3) is 0 Å². The predicted molar refractivity (Wildman–Crippen MR) is 93.1 cm³/mol. The summed E-state index contributed by atoms with van der Waals surface area (Å²) in [6.45, 7) is 1.55. The number of guanidine groups is 1. The first-order valence-corrected chi connectivity index (χ1v) is 7.54. The summed E-state index contributed by atoms with van der Waals surface area (Å²) in [6.07, 6.45) is 7.20. The zero-order chi connectivity index (χ0) is 16.2. The molecular formula is C17H20N6. The molecule has 0 aliphatic heterocycles. The summed E-state index contributed by atoms with van der Waals surface area (Å²) in [5.41, 5.74) is 1.97. The molecule has 0 aliphatic rings. The van der Waals surface area contributed by atoms with Crippen LogP contribution in [0.2, 0.25) is 0 Å². The number of aliphatic imine (C=N–C) groups is 1. The zero-order valence-electron chi connectivity index (χ0n) is 12.9. The van der Waals surface area contributed by atoms with Gasteiger partial charge < -0.3 is 10.6 Å². The predicted octanol–water partition coefficient (Wildman–Crippen LogP) is 2.81. The number of hydrogen-bond donors (Lipinski definition) is 3. The largest absolute Gasteiger partial charge is 0.385 e. The van der Waals surface area contributed by atoms with E-state index in [1.807, 2.05) is 48.7 Å². The van der Waals surface area contributed by atoms with Crippen LogP contribution >= 0.6 is 0 Å². The normalized spacial score (nSPS) is 10.7. The Bertz CT molecular complexity index is 633. The van der Waals surface area contributed by atoms with Crippen LogP contribution in [-0.2, 0) is 0 Å². The van der Waals surface area contributed by atoms with Gasteiger partial charge >= 0.3 is 0 Å². The molecule has 0 saturated heterocycles. The fraction of sp³-hybridized carbons (Fsp3) is 0.235. The van der Waals surface area contributed by atoms with Gasteiger partial charge in [-0.1, -0.05) is 18.2 Å². The molecular weight excluding hydrogens is 288 g/mol. The quantitative estimate of drug-likeness (QED) is 0.241. The molecule has 0 fully saturated rings. The van der Waals surface area contributed by atoms with Crippen molar-refractivity contribution in [3.63, 3.8) is 0 Å². The molecule has 0 atom stereocenters. The molecule has 3 N–H and O–H groups in total. The lowest BCUT2D eigenvalue weighted by atomic mass is 10.3. The highest BCUT2D eigenvalue weighted by Gasteiger charge is 1.98. The molecule has 0 spiro atoms. The molecule has 0 radical (unpaired) electrons. The Kier molecular flexibility index (Phi) is 6.94. The lowest BCUT2D eigenvalue weighted by molar-refractivity contribution is 0.773. The summed E-state index contributed by atoms with van der Waals surface area (Å²) in [5.74, 6) is 0.453. The Balaban J connectivity index is 1.70. The van der Waals surface area contributed by atoms with Crippen LogP contribution in [0.3, 0.4) is 0 Å². The van der Waals surface area contributed by atoms with Gasteiger partial charge in [-0.2, -0.15) is 5.26 Å². The van der Waals surface area contributed by atoms with Crippen molar-refractivity contribution in [2.24, 2.45) is 4.99 Å². The van der Waals surface area contributed by atoms with E-state index in [0.29, 0.717) is 12.5 Å². The topological polar surface area (TPSA) is 85.1 Å². The Morgan fingerprint density at radius 2 is 1.83 bits per heavy atom. The second-order valence-corrected chi connectivity index (χ2v) is 4.83. The zero-order valence-corrected chi connectivity index (χ0v) is 12.9. The van der Waals surface area contributed by atoms with E-state index >= 15 is 0 Å². The van der Waals surface area contributed by atoms with Gasteiger partial charge in [-0.3, -0.25) is 15.3 Å². The van der Waals surface area contributed by atoms with Crippen molar-refractivity contribution < 1.29 is 0 Å². The van der Waals surface area contributed by atoms with Gasteiger partial charge in [-0.05, 0) is 37.1 Å². The first kappa shape index (κ1) is 16.3. The van der Waals surface area contributed by atoms with Gasteiger partial charge in [0.2, 0.25) is 5.96 Å². The summed E-state index contributed by atoms with van der Waals surface area (Å²) in [5, 5.41) is 17.7. The van der Waals surface area contributed by atoms with Gasteiger partial charge in [0, 0.05) is 36.9 Å². The van der Waals surface area contributed by atoms with Crippen LogP contribution in [0.4, 0.5) is 11.4 Å². The minimum Gasteiger partial charge on any atom is -0.385 e. The highest BCUT2D eigenvalue weighted by Crippen LogP contribution is 2.05. The molecule has 1 heterocycles. The number of unbranched alkanes of at least 4 members (excludes halogenated alkanes) is 1. The van der Waals surface area contributed by atoms with E-state index in [4.69, 9.17) is 5.26 Å². The van der Waals surface area contributed by atoms with Gasteiger partial charge in [0.15, 0.2) is 6.19 Å². The van der Waals surface area contributed by atoms with Gasteiger partial charge in [0.1, 0.15) is 0 Å². The number of nitriles is 1. The second-order valence-electron chi connectivity index (χ2n) is 4.83. The van der Waals surface area contributed by atoms with Crippen molar-refractivity contribution in [3.05, 3.63) is 54.9 Å². The van der Waals surface area contributed by atoms with Crippen LogP contribution in [0.1, 0.15) is 12.8 Å². The van der Waals surface area contributed by atoms with Crippen LogP contribution in [-0.4, -0.2) is 24.0 Å². The molecule has 6 nitrogen and oxygen atoms in total. The number of rotatable bonds is 7. The molecule has 0 bridgehead atoms. The number of hydrogen-bond acceptors (Lipinski definition) is 4. The monoisotopic (exact) mass is 308 g/mol. The summed E-state index contributed by atoms with van der Waals surface area (Å²) in [6, 6.07) is 13.8. The molecule has 0 saturated carbocycles. The van der Waals surface area contributed by atoms with Crippen molar-refractivity contribution in [2.75, 3.05) is 23.7 Å². The summed E-state index contributed by atoms with van der Waals surface area (Å²) in [4.78, 5) is 8.32. The van der Waals surface area contributed by atoms with E-state index in [1.165, 1.54) is 0 Å². The molecule has 1 aromatic carbocycles. The Morgan fingerprint density at radius 3 is 2.57 bits per heavy atom. The maximum Gasteiger partial charge on any atom is 0.209 e. The van der Waals surface area contributed by atoms with Crippen molar-refractivity contribution in [1.82, 2.24) is 10.3 Å². The lowest BCUT2D eigenvalue weighted by Gasteiger charge is -2.08. The van der Waals surface area contributed by atoms with E-state index in [0.717, 1.165) is 30.8 Å². The smallest absolute Gasteiger partial charge is 0.209 e. The molecule has 6 heteroatoms. The maximum absolute atomic E-state index is 8.78. The maximum atomic E-state index is 8.78. The number of nitrogens with one attached hydrogen (secondary N) is 3. The summed E-state index contributed by atoms with van der Waals surface area (Å²) in [7, 11) is 0. The third-order valence-electron chi connectivity index (χ3n) is 3.08. The van der Waals surface area contributed by atoms with Gasteiger partial charge in [-0.25, -0.2) is 0 Å². The molecule has 0 amide bonds. The SMILES string of the molecule is N#CNC(=NCCCCNc1ccccc1)Nc1ccncc1. The average Bonchev–Trinajstić information content (AvgIpc) is 2.60. The van der Waals surface area contributed by atoms with E-state index in [2.05, 4.69) is 25.9 Å². The first-order chi connectivity index (χ1) is 11.4. The minimum absolute atomic E-state index is 0.453. The number of anilines is 2. The van der Waals surface area contributed by atoms with Crippen LogP contribution < -0.4 is 16.0 Å². The third-order valence-corrected chi connectivity index (χ3v) is 3.08. The van der Waals surface area contributed by atoms with Gasteiger partial charge in [-0.15, -0.1) is 0 Å². The van der Waals surface area contributed by atoms with E-state index < -0.39 is 0 Å². The minimum atomic E-state index is 0.453. The molecule has 0 aliphatic carbocycles. The Morgan fingerprint density at radius 1 is 1.04 bits per heavy atom. The highest BCUT2D eigenvalue weighted by molar-refractivity contribution is 5.94. The van der Waals surface area contributed by atoms with Crippen molar-refractivity contribution in [2.45, 2.75) is 12.8 Å². The molecule has 1 aromatic heterocycles. The van der Waals surface area contributed by atoms with Crippen LogP contribution in [0, 0.1) is 11.5 Å². The van der Waals surface area contributed by atoms with Crippen molar-refractivity contribution >= 4 is 17.3 Å². The van der Waals surface area contributed by atoms with Gasteiger partial charge in [0.05, 0.1) is 0 Å². The van der Waals surface area contributed by atoms with E-state index in [9.17, 15) is 0 Å². The number of nitrogens with zero attached hydrogens (tertiary/aromatic N) is 3. The number of pyridine rings is 1. The molecule has 118 valence electrons.